The van der Waals surface area contributed by atoms with E-state index in [0.29, 0.717) is 17.1 Å². The van der Waals surface area contributed by atoms with Crippen LogP contribution in [0, 0.1) is 19.8 Å². The van der Waals surface area contributed by atoms with E-state index in [1.807, 2.05) is 25.3 Å². The van der Waals surface area contributed by atoms with E-state index >= 15 is 0 Å². The maximum atomic E-state index is 13.4. The van der Waals surface area contributed by atoms with Gasteiger partial charge < -0.3 is 14.6 Å². The lowest BCUT2D eigenvalue weighted by molar-refractivity contribution is -0.118. The molecule has 1 amide bonds. The number of ether oxygens (including phenoxy) is 1. The van der Waals surface area contributed by atoms with Crippen molar-refractivity contribution in [3.63, 3.8) is 0 Å². The molecule has 27 heavy (non-hydrogen) atoms. The third-order valence-electron chi connectivity index (χ3n) is 4.62. The van der Waals surface area contributed by atoms with Gasteiger partial charge in [-0.1, -0.05) is 13.8 Å². The number of rotatable bonds is 6. The van der Waals surface area contributed by atoms with Gasteiger partial charge in [-0.25, -0.2) is 8.42 Å². The smallest absolute Gasteiger partial charge is 0.228 e. The summed E-state index contributed by atoms with van der Waals surface area (Å²) in [4.78, 5) is 12.7. The molecule has 0 fully saturated rings. The molecule has 0 aliphatic carbocycles. The molecule has 1 heterocycles. The number of amides is 1. The van der Waals surface area contributed by atoms with Gasteiger partial charge in [0.05, 0.1) is 12.0 Å². The van der Waals surface area contributed by atoms with Crippen LogP contribution in [0.3, 0.4) is 0 Å². The first-order chi connectivity index (χ1) is 12.5. The third kappa shape index (κ3) is 3.88. The lowest BCUT2D eigenvalue weighted by atomic mass is 10.2. The van der Waals surface area contributed by atoms with Crippen LogP contribution in [-0.4, -0.2) is 26.0 Å². The summed E-state index contributed by atoms with van der Waals surface area (Å²) in [6.45, 7) is 11.1. The molecule has 0 bridgehead atoms. The number of sulfone groups is 1. The third-order valence-corrected chi connectivity index (χ3v) is 6.55. The van der Waals surface area contributed by atoms with Crippen molar-refractivity contribution >= 4 is 21.6 Å². The van der Waals surface area contributed by atoms with Gasteiger partial charge in [-0.3, -0.25) is 4.79 Å². The molecule has 2 rings (SSSR count). The first-order valence-electron chi connectivity index (χ1n) is 8.93. The topological polar surface area (TPSA) is 77.4 Å². The van der Waals surface area contributed by atoms with Crippen LogP contribution in [0.15, 0.2) is 34.1 Å². The van der Waals surface area contributed by atoms with Crippen molar-refractivity contribution in [3.8, 4) is 5.75 Å². The summed E-state index contributed by atoms with van der Waals surface area (Å²) in [5.74, 6) is 0.419. The maximum Gasteiger partial charge on any atom is 0.228 e. The first-order valence-corrected chi connectivity index (χ1v) is 10.4. The van der Waals surface area contributed by atoms with Crippen molar-refractivity contribution in [2.45, 2.75) is 57.4 Å². The Morgan fingerprint density at radius 1 is 1.07 bits per heavy atom. The lowest BCUT2D eigenvalue weighted by Crippen LogP contribution is -2.22. The van der Waals surface area contributed by atoms with Crippen LogP contribution >= 0.6 is 0 Å². The fourth-order valence-electron chi connectivity index (χ4n) is 3.02. The largest absolute Gasteiger partial charge is 0.497 e. The summed E-state index contributed by atoms with van der Waals surface area (Å²) < 4.78 is 33.8. The van der Waals surface area contributed by atoms with E-state index in [0.717, 1.165) is 5.69 Å². The van der Waals surface area contributed by atoms with Crippen molar-refractivity contribution in [3.05, 3.63) is 35.5 Å². The minimum Gasteiger partial charge on any atom is -0.497 e. The molecule has 0 unspecified atom stereocenters. The number of nitrogens with one attached hydrogen (secondary N) is 1. The van der Waals surface area contributed by atoms with Crippen LogP contribution in [0.5, 0.6) is 5.75 Å². The van der Waals surface area contributed by atoms with Crippen LogP contribution < -0.4 is 10.1 Å². The molecule has 1 N–H and O–H groups in total. The molecule has 0 saturated heterocycles. The number of hydrogen-bond acceptors (Lipinski definition) is 4. The van der Waals surface area contributed by atoms with Crippen molar-refractivity contribution < 1.29 is 17.9 Å². The summed E-state index contributed by atoms with van der Waals surface area (Å²) >= 11 is 0. The molecular weight excluding hydrogens is 364 g/mol. The molecule has 1 aromatic carbocycles. The Bertz CT molecular complexity index is 939. The van der Waals surface area contributed by atoms with Gasteiger partial charge in [0.25, 0.3) is 0 Å². The molecule has 0 saturated carbocycles. The van der Waals surface area contributed by atoms with Gasteiger partial charge in [0.1, 0.15) is 16.5 Å². The number of carbonyl (C=O) groups excluding carboxylic acids is 1. The predicted molar refractivity (Wildman–Crippen MR) is 106 cm³/mol. The highest BCUT2D eigenvalue weighted by Gasteiger charge is 2.31. The normalized spacial score (nSPS) is 11.9. The van der Waals surface area contributed by atoms with Gasteiger partial charge in [-0.05, 0) is 57.5 Å². The highest BCUT2D eigenvalue weighted by molar-refractivity contribution is 7.91. The van der Waals surface area contributed by atoms with Crippen LogP contribution in [-0.2, 0) is 14.6 Å². The molecule has 1 aromatic heterocycles. The van der Waals surface area contributed by atoms with E-state index in [4.69, 9.17) is 4.74 Å². The van der Waals surface area contributed by atoms with Gasteiger partial charge >= 0.3 is 0 Å². The Hall–Kier alpha value is -2.28. The Morgan fingerprint density at radius 2 is 1.63 bits per heavy atom. The van der Waals surface area contributed by atoms with E-state index in [9.17, 15) is 13.2 Å². The number of aromatic nitrogens is 1. The number of hydrogen-bond donors (Lipinski definition) is 1. The Labute approximate surface area is 161 Å². The van der Waals surface area contributed by atoms with Crippen LogP contribution in [0.25, 0.3) is 0 Å². The van der Waals surface area contributed by atoms with E-state index in [-0.39, 0.29) is 27.7 Å². The van der Waals surface area contributed by atoms with E-state index in [1.165, 1.54) is 19.2 Å². The maximum absolute atomic E-state index is 13.4. The van der Waals surface area contributed by atoms with E-state index in [2.05, 4.69) is 5.32 Å². The number of anilines is 1. The molecule has 0 radical (unpaired) electrons. The molecule has 2 aromatic rings. The van der Waals surface area contributed by atoms with Crippen LogP contribution in [0.1, 0.15) is 45.0 Å². The molecule has 0 aliphatic heterocycles. The van der Waals surface area contributed by atoms with Crippen LogP contribution in [0.4, 0.5) is 5.82 Å². The number of carbonyl (C=O) groups is 1. The van der Waals surface area contributed by atoms with Crippen molar-refractivity contribution in [1.82, 2.24) is 4.57 Å². The fraction of sp³-hybridized carbons (Fsp3) is 0.450. The van der Waals surface area contributed by atoms with Crippen molar-refractivity contribution in [2.24, 2.45) is 5.92 Å². The highest BCUT2D eigenvalue weighted by atomic mass is 32.2. The number of methoxy groups -OCH3 is 1. The summed E-state index contributed by atoms with van der Waals surface area (Å²) in [6.07, 6.45) is 0. The van der Waals surface area contributed by atoms with Gasteiger partial charge in [0.2, 0.25) is 15.7 Å². The second kappa shape index (κ2) is 7.76. The molecule has 6 nitrogen and oxygen atoms in total. The Morgan fingerprint density at radius 3 is 2.07 bits per heavy atom. The average molecular weight is 393 g/mol. The zero-order valence-electron chi connectivity index (χ0n) is 17.0. The average Bonchev–Trinajstić information content (AvgIpc) is 2.85. The summed E-state index contributed by atoms with van der Waals surface area (Å²) in [5, 5.41) is 2.84. The SMILES string of the molecule is COc1ccc(S(=O)(=O)c2c(C)c(C)n(C(C)C)c2NC(=O)C(C)C)cc1. The van der Waals surface area contributed by atoms with Gasteiger partial charge in [0.15, 0.2) is 0 Å². The zero-order chi connectivity index (χ0) is 20.5. The molecular formula is C20H28N2O4S. The lowest BCUT2D eigenvalue weighted by Gasteiger charge is -2.18. The van der Waals surface area contributed by atoms with Gasteiger partial charge in [-0.15, -0.1) is 0 Å². The Kier molecular flexibility index (Phi) is 6.04. The number of nitrogens with zero attached hydrogens (tertiary/aromatic N) is 1. The number of benzene rings is 1. The summed E-state index contributed by atoms with van der Waals surface area (Å²) in [6, 6.07) is 6.25. The Balaban J connectivity index is 2.73. The molecule has 0 spiro atoms. The summed E-state index contributed by atoms with van der Waals surface area (Å²) in [7, 11) is -2.30. The van der Waals surface area contributed by atoms with Crippen LogP contribution in [0.2, 0.25) is 0 Å². The molecule has 148 valence electrons. The highest BCUT2D eigenvalue weighted by Crippen LogP contribution is 2.37. The fourth-order valence-corrected chi connectivity index (χ4v) is 4.71. The zero-order valence-corrected chi connectivity index (χ0v) is 17.8. The standard InChI is InChI=1S/C20H28N2O4S/c1-12(2)20(23)21-19-18(14(5)15(6)22(19)13(3)4)27(24,25)17-10-8-16(26-7)9-11-17/h8-13H,1-7H3,(H,21,23). The predicted octanol–water partition coefficient (Wildman–Crippen LogP) is 4.12. The molecule has 0 atom stereocenters. The van der Waals surface area contributed by atoms with Gasteiger partial charge in [-0.2, -0.15) is 0 Å². The minimum absolute atomic E-state index is 0.00835. The van der Waals surface area contributed by atoms with Crippen molar-refractivity contribution in [1.29, 1.82) is 0 Å². The second-order valence-electron chi connectivity index (χ2n) is 7.17. The quantitative estimate of drug-likeness (QED) is 0.802. The first kappa shape index (κ1) is 21.0. The van der Waals surface area contributed by atoms with E-state index < -0.39 is 9.84 Å². The summed E-state index contributed by atoms with van der Waals surface area (Å²) in [5.41, 5.74) is 1.45. The molecule has 7 heteroatoms. The van der Waals surface area contributed by atoms with E-state index in [1.54, 1.807) is 32.9 Å². The molecule has 0 aliphatic rings. The minimum atomic E-state index is -3.82. The second-order valence-corrected chi connectivity index (χ2v) is 9.06. The monoisotopic (exact) mass is 392 g/mol. The van der Waals surface area contributed by atoms with Crippen molar-refractivity contribution in [2.75, 3.05) is 12.4 Å². The van der Waals surface area contributed by atoms with Gasteiger partial charge in [0, 0.05) is 17.7 Å².